The molecular weight excluding hydrogens is 296 g/mol. The zero-order valence-electron chi connectivity index (χ0n) is 14.7. The highest BCUT2D eigenvalue weighted by atomic mass is 16.3. The summed E-state index contributed by atoms with van der Waals surface area (Å²) in [6.07, 6.45) is 1.89. The quantitative estimate of drug-likeness (QED) is 0.873. The van der Waals surface area contributed by atoms with Crippen LogP contribution in [0.25, 0.3) is 0 Å². The average Bonchev–Trinajstić information content (AvgIpc) is 2.61. The second-order valence-electron chi connectivity index (χ2n) is 6.80. The maximum Gasteiger partial charge on any atom is 0.120 e. The summed E-state index contributed by atoms with van der Waals surface area (Å²) in [5, 5.41) is 13.8. The lowest BCUT2D eigenvalue weighted by Gasteiger charge is -2.32. The number of nitrogens with zero attached hydrogens (tertiary/aromatic N) is 1. The van der Waals surface area contributed by atoms with Crippen molar-refractivity contribution in [2.45, 2.75) is 45.8 Å². The van der Waals surface area contributed by atoms with E-state index in [2.05, 4.69) is 50.4 Å². The van der Waals surface area contributed by atoms with E-state index in [1.807, 2.05) is 18.2 Å². The van der Waals surface area contributed by atoms with Crippen molar-refractivity contribution in [1.29, 1.82) is 0 Å². The minimum Gasteiger partial charge on any atom is -0.508 e. The van der Waals surface area contributed by atoms with Crippen molar-refractivity contribution in [2.24, 2.45) is 10.9 Å². The fraction of sp³-hybridized carbons (Fsp3) is 0.381. The molecule has 3 heteroatoms. The number of benzene rings is 2. The Morgan fingerprint density at radius 3 is 2.46 bits per heavy atom. The molecular formula is C21H26N2O. The molecule has 1 aliphatic heterocycles. The van der Waals surface area contributed by atoms with Crippen LogP contribution in [0.5, 0.6) is 5.75 Å². The average molecular weight is 322 g/mol. The van der Waals surface area contributed by atoms with Crippen molar-refractivity contribution in [2.75, 3.05) is 0 Å². The molecule has 0 spiro atoms. The van der Waals surface area contributed by atoms with Crippen LogP contribution < -0.4 is 5.32 Å². The molecule has 0 radical (unpaired) electrons. The number of rotatable bonds is 4. The number of para-hydroxylation sites is 1. The third kappa shape index (κ3) is 3.51. The maximum atomic E-state index is 10.2. The zero-order valence-corrected chi connectivity index (χ0v) is 14.7. The van der Waals surface area contributed by atoms with E-state index in [-0.39, 0.29) is 12.2 Å². The highest BCUT2D eigenvalue weighted by molar-refractivity contribution is 6.01. The van der Waals surface area contributed by atoms with Gasteiger partial charge >= 0.3 is 0 Å². The Morgan fingerprint density at radius 2 is 1.83 bits per heavy atom. The largest absolute Gasteiger partial charge is 0.508 e. The van der Waals surface area contributed by atoms with Crippen LogP contribution in [-0.2, 0) is 6.42 Å². The van der Waals surface area contributed by atoms with Gasteiger partial charge in [0.1, 0.15) is 11.9 Å². The molecule has 0 aliphatic carbocycles. The SMILES string of the molecule is CCc1ccc(C2=NC(C(C)C)NC(c3ccccc3O)C2)cc1. The molecule has 126 valence electrons. The van der Waals surface area contributed by atoms with Crippen molar-refractivity contribution >= 4 is 5.71 Å². The molecule has 3 nitrogen and oxygen atoms in total. The van der Waals surface area contributed by atoms with Crippen molar-refractivity contribution in [1.82, 2.24) is 5.32 Å². The Kier molecular flexibility index (Phi) is 5.00. The Balaban J connectivity index is 1.93. The number of hydrogen-bond donors (Lipinski definition) is 2. The van der Waals surface area contributed by atoms with Gasteiger partial charge in [-0.3, -0.25) is 10.3 Å². The number of nitrogens with one attached hydrogen (secondary N) is 1. The van der Waals surface area contributed by atoms with Crippen molar-refractivity contribution in [3.05, 3.63) is 65.2 Å². The molecule has 1 heterocycles. The van der Waals surface area contributed by atoms with Crippen LogP contribution in [-0.4, -0.2) is 17.0 Å². The zero-order chi connectivity index (χ0) is 17.1. The highest BCUT2D eigenvalue weighted by Gasteiger charge is 2.27. The van der Waals surface area contributed by atoms with Gasteiger partial charge in [0.15, 0.2) is 0 Å². The number of aliphatic imine (C=N–C) groups is 1. The molecule has 2 aromatic carbocycles. The van der Waals surface area contributed by atoms with E-state index in [1.165, 1.54) is 11.1 Å². The highest BCUT2D eigenvalue weighted by Crippen LogP contribution is 2.31. The summed E-state index contributed by atoms with van der Waals surface area (Å²) in [6.45, 7) is 6.51. The fourth-order valence-electron chi connectivity index (χ4n) is 3.16. The predicted octanol–water partition coefficient (Wildman–Crippen LogP) is 4.46. The normalized spacial score (nSPS) is 20.9. The van der Waals surface area contributed by atoms with Crippen LogP contribution >= 0.6 is 0 Å². The molecule has 2 aromatic rings. The topological polar surface area (TPSA) is 44.6 Å². The van der Waals surface area contributed by atoms with Crippen LogP contribution in [0, 0.1) is 5.92 Å². The summed E-state index contributed by atoms with van der Waals surface area (Å²) in [7, 11) is 0. The first-order chi connectivity index (χ1) is 11.6. The smallest absolute Gasteiger partial charge is 0.120 e. The molecule has 0 saturated carbocycles. The molecule has 0 saturated heterocycles. The van der Waals surface area contributed by atoms with Crippen molar-refractivity contribution in [3.63, 3.8) is 0 Å². The van der Waals surface area contributed by atoms with Gasteiger partial charge in [0.25, 0.3) is 0 Å². The molecule has 0 bridgehead atoms. The van der Waals surface area contributed by atoms with E-state index >= 15 is 0 Å². The molecule has 2 N–H and O–H groups in total. The van der Waals surface area contributed by atoms with Crippen LogP contribution in [0.15, 0.2) is 53.5 Å². The van der Waals surface area contributed by atoms with Crippen LogP contribution in [0.2, 0.25) is 0 Å². The molecule has 0 fully saturated rings. The standard InChI is InChI=1S/C21H26N2O/c1-4-15-9-11-16(12-10-15)18-13-19(23-21(22-18)14(2)3)17-7-5-6-8-20(17)24/h5-12,14,19,21,23-24H,4,13H2,1-3H3. The minimum absolute atomic E-state index is 0.0595. The van der Waals surface area contributed by atoms with E-state index in [9.17, 15) is 5.11 Å². The number of aryl methyl sites for hydroxylation is 1. The van der Waals surface area contributed by atoms with Crippen molar-refractivity contribution < 1.29 is 5.11 Å². The number of phenolic OH excluding ortho intramolecular Hbond substituents is 1. The lowest BCUT2D eigenvalue weighted by molar-refractivity contribution is 0.345. The summed E-state index contributed by atoms with van der Waals surface area (Å²) in [5.74, 6) is 0.739. The van der Waals surface area contributed by atoms with Crippen LogP contribution in [0.3, 0.4) is 0 Å². The van der Waals surface area contributed by atoms with Crippen LogP contribution in [0.1, 0.15) is 49.9 Å². The minimum atomic E-state index is 0.0595. The number of phenols is 1. The van der Waals surface area contributed by atoms with Gasteiger partial charge in [-0.25, -0.2) is 0 Å². The van der Waals surface area contributed by atoms with Crippen LogP contribution in [0.4, 0.5) is 0 Å². The van der Waals surface area contributed by atoms with E-state index in [1.54, 1.807) is 6.07 Å². The lowest BCUT2D eigenvalue weighted by Crippen LogP contribution is -2.41. The number of aromatic hydroxyl groups is 1. The Labute approximate surface area is 144 Å². The molecule has 2 unspecified atom stereocenters. The van der Waals surface area contributed by atoms with Gasteiger partial charge in [-0.2, -0.15) is 0 Å². The van der Waals surface area contributed by atoms with Gasteiger partial charge in [0.05, 0.1) is 0 Å². The Bertz CT molecular complexity index is 719. The second-order valence-corrected chi connectivity index (χ2v) is 6.80. The number of hydrogen-bond acceptors (Lipinski definition) is 3. The van der Waals surface area contributed by atoms with E-state index < -0.39 is 0 Å². The van der Waals surface area contributed by atoms with E-state index in [0.717, 1.165) is 24.1 Å². The third-order valence-electron chi connectivity index (χ3n) is 4.70. The lowest BCUT2D eigenvalue weighted by atomic mass is 9.92. The van der Waals surface area contributed by atoms with E-state index in [4.69, 9.17) is 4.99 Å². The van der Waals surface area contributed by atoms with Gasteiger partial charge in [0.2, 0.25) is 0 Å². The Morgan fingerprint density at radius 1 is 1.12 bits per heavy atom. The summed E-state index contributed by atoms with van der Waals surface area (Å²) in [4.78, 5) is 4.94. The van der Waals surface area contributed by atoms with Gasteiger partial charge in [-0.1, -0.05) is 63.2 Å². The molecule has 1 aliphatic rings. The monoisotopic (exact) mass is 322 g/mol. The van der Waals surface area contributed by atoms with Gasteiger partial charge in [0, 0.05) is 23.7 Å². The first-order valence-electron chi connectivity index (χ1n) is 8.78. The van der Waals surface area contributed by atoms with Crippen molar-refractivity contribution in [3.8, 4) is 5.75 Å². The first kappa shape index (κ1) is 16.7. The van der Waals surface area contributed by atoms with Gasteiger partial charge in [-0.05, 0) is 29.5 Å². The predicted molar refractivity (Wildman–Crippen MR) is 99.6 cm³/mol. The second kappa shape index (κ2) is 7.18. The molecule has 2 atom stereocenters. The molecule has 24 heavy (non-hydrogen) atoms. The fourth-order valence-corrected chi connectivity index (χ4v) is 3.16. The summed E-state index contributed by atoms with van der Waals surface area (Å²) >= 11 is 0. The van der Waals surface area contributed by atoms with Gasteiger partial charge in [-0.15, -0.1) is 0 Å². The summed E-state index contributed by atoms with van der Waals surface area (Å²) < 4.78 is 0. The summed E-state index contributed by atoms with van der Waals surface area (Å²) in [6, 6.07) is 16.4. The molecule has 0 amide bonds. The van der Waals surface area contributed by atoms with E-state index in [0.29, 0.717) is 11.7 Å². The summed E-state index contributed by atoms with van der Waals surface area (Å²) in [5.41, 5.74) is 4.58. The first-order valence-corrected chi connectivity index (χ1v) is 8.78. The molecule has 3 rings (SSSR count). The maximum absolute atomic E-state index is 10.2. The molecule has 0 aromatic heterocycles. The van der Waals surface area contributed by atoms with Gasteiger partial charge < -0.3 is 5.11 Å². The third-order valence-corrected chi connectivity index (χ3v) is 4.70. The Hall–Kier alpha value is -2.13.